The Morgan fingerprint density at radius 1 is 0.800 bits per heavy atom. The Kier molecular flexibility index (Phi) is 16.4. The van der Waals surface area contributed by atoms with E-state index in [1.165, 1.54) is 102 Å². The van der Waals surface area contributed by atoms with Crippen molar-refractivity contribution in [1.82, 2.24) is 0 Å². The molecule has 3 heteroatoms. The molecule has 2 saturated carbocycles. The first-order valence-electron chi connectivity index (χ1n) is 14.7. The maximum Gasteiger partial charge on any atom is 2.00 e. The van der Waals surface area contributed by atoms with Gasteiger partial charge in [0.1, 0.15) is 0 Å². The summed E-state index contributed by atoms with van der Waals surface area (Å²) in [5.41, 5.74) is 4.70. The van der Waals surface area contributed by atoms with E-state index < -0.39 is 0 Å². The molecule has 4 rings (SSSR count). The molecule has 0 unspecified atom stereocenters. The number of hydrogen-bond acceptors (Lipinski definition) is 0. The van der Waals surface area contributed by atoms with Crippen LogP contribution in [0.15, 0.2) is 48.5 Å². The molecule has 2 aromatic rings. The quantitative estimate of drug-likeness (QED) is 0.147. The molecule has 0 amide bonds. The average molecular weight is 555 g/mol. The second-order valence-electron chi connectivity index (χ2n) is 10.7. The summed E-state index contributed by atoms with van der Waals surface area (Å²) >= 11 is 0. The van der Waals surface area contributed by atoms with Gasteiger partial charge in [-0.1, -0.05) is 85.7 Å². The van der Waals surface area contributed by atoms with Crippen LogP contribution in [0.4, 0.5) is 0 Å². The van der Waals surface area contributed by atoms with E-state index in [4.69, 9.17) is 0 Å². The summed E-state index contributed by atoms with van der Waals surface area (Å²) in [6.07, 6.45) is 23.7. The van der Waals surface area contributed by atoms with E-state index in [9.17, 15) is 0 Å². The zero-order valence-corrected chi connectivity index (χ0v) is 25.8. The topological polar surface area (TPSA) is 0 Å². The van der Waals surface area contributed by atoms with Gasteiger partial charge in [-0.25, -0.2) is 18.2 Å². The fourth-order valence-electron chi connectivity index (χ4n) is 6.16. The molecule has 0 heterocycles. The fraction of sp³-hybridized carbons (Fsp3) is 0.688. The van der Waals surface area contributed by atoms with Crippen LogP contribution in [0.3, 0.4) is 0 Å². The minimum absolute atomic E-state index is 0. The summed E-state index contributed by atoms with van der Waals surface area (Å²) < 4.78 is 0. The van der Waals surface area contributed by atoms with Crippen molar-refractivity contribution >= 4 is 21.1 Å². The van der Waals surface area contributed by atoms with Crippen molar-refractivity contribution in [3.8, 4) is 0 Å². The molecule has 35 heavy (non-hydrogen) atoms. The standard InChI is InChI=1S/C27H47P2.C5H5.Fe/c1-4-6-21-28(22-7-5-2)23(3)26-19-14-20-27(26)29(24-15-10-8-11-16-24)25-17-12-9-13-18-25;1-2-4-5-3-1;/h14,19-20,23-25H,4-13,15-18,21-22H2,1-3H3;1-5H;/q2*-1;+2/t23-;;/m1../s1. The van der Waals surface area contributed by atoms with Gasteiger partial charge in [-0.3, -0.25) is 0 Å². The van der Waals surface area contributed by atoms with Crippen LogP contribution in [-0.4, -0.2) is 23.6 Å². The first-order valence-corrected chi connectivity index (χ1v) is 18.0. The normalized spacial score (nSPS) is 18.2. The van der Waals surface area contributed by atoms with Crippen LogP contribution in [0.5, 0.6) is 0 Å². The predicted molar refractivity (Wildman–Crippen MR) is 159 cm³/mol. The van der Waals surface area contributed by atoms with Gasteiger partial charge in [0.25, 0.3) is 0 Å². The van der Waals surface area contributed by atoms with E-state index >= 15 is 0 Å². The summed E-state index contributed by atoms with van der Waals surface area (Å²) in [6, 6.07) is 17.6. The molecular formula is C32H52FeP2. The van der Waals surface area contributed by atoms with Gasteiger partial charge >= 0.3 is 17.1 Å². The molecule has 0 radical (unpaired) electrons. The van der Waals surface area contributed by atoms with Gasteiger partial charge in [-0.15, -0.1) is 13.2 Å². The average Bonchev–Trinajstić information content (AvgIpc) is 3.61. The molecule has 198 valence electrons. The second kappa shape index (κ2) is 18.4. The van der Waals surface area contributed by atoms with E-state index in [0.29, 0.717) is 0 Å². The SMILES string of the molecule is CCCCP(CCCC)[C@H](C)c1cc[cH-]c1P(C1CCCCC1)C1CCCCC1.[Fe+2].c1cc[cH-]c1. The monoisotopic (exact) mass is 554 g/mol. The van der Waals surface area contributed by atoms with E-state index in [-0.39, 0.29) is 32.9 Å². The van der Waals surface area contributed by atoms with Crippen LogP contribution >= 0.6 is 15.8 Å². The fourth-order valence-corrected chi connectivity index (χ4v) is 13.4. The first kappa shape index (κ1) is 31.3. The maximum absolute atomic E-state index is 2.62. The van der Waals surface area contributed by atoms with Gasteiger partial charge in [0, 0.05) is 0 Å². The Hall–Kier alpha value is 0.0795. The van der Waals surface area contributed by atoms with Crippen molar-refractivity contribution in [2.24, 2.45) is 0 Å². The van der Waals surface area contributed by atoms with Gasteiger partial charge < -0.3 is 0 Å². The zero-order chi connectivity index (χ0) is 24.0. The molecule has 0 bridgehead atoms. The van der Waals surface area contributed by atoms with Crippen molar-refractivity contribution in [3.63, 3.8) is 0 Å². The minimum Gasteiger partial charge on any atom is -0.214 e. The van der Waals surface area contributed by atoms with Crippen molar-refractivity contribution in [2.45, 2.75) is 128 Å². The Morgan fingerprint density at radius 2 is 1.31 bits per heavy atom. The van der Waals surface area contributed by atoms with Gasteiger partial charge in [-0.2, -0.15) is 35.9 Å². The number of rotatable bonds is 11. The summed E-state index contributed by atoms with van der Waals surface area (Å²) in [5.74, 6) is 0. The van der Waals surface area contributed by atoms with Gasteiger partial charge in [-0.05, 0) is 62.2 Å². The summed E-state index contributed by atoms with van der Waals surface area (Å²) in [5, 5.41) is 1.88. The number of unbranched alkanes of at least 4 members (excludes halogenated alkanes) is 2. The smallest absolute Gasteiger partial charge is 0.214 e. The van der Waals surface area contributed by atoms with Crippen molar-refractivity contribution < 1.29 is 17.1 Å². The van der Waals surface area contributed by atoms with Gasteiger partial charge in [0.05, 0.1) is 0 Å². The second-order valence-corrected chi connectivity index (χ2v) is 16.3. The van der Waals surface area contributed by atoms with Gasteiger partial charge in [0.15, 0.2) is 0 Å². The molecule has 2 fully saturated rings. The first-order chi connectivity index (χ1) is 16.8. The molecule has 0 saturated heterocycles. The third-order valence-electron chi connectivity index (χ3n) is 8.19. The van der Waals surface area contributed by atoms with Crippen LogP contribution < -0.4 is 5.30 Å². The van der Waals surface area contributed by atoms with E-state index in [0.717, 1.165) is 17.0 Å². The van der Waals surface area contributed by atoms with Gasteiger partial charge in [0.2, 0.25) is 0 Å². The Balaban J connectivity index is 0.000000640. The van der Waals surface area contributed by atoms with E-state index in [2.05, 4.69) is 39.0 Å². The molecule has 0 spiro atoms. The molecule has 2 aliphatic rings. The maximum atomic E-state index is 2.62. The third kappa shape index (κ3) is 10.0. The van der Waals surface area contributed by atoms with Crippen LogP contribution in [0.25, 0.3) is 0 Å². The molecular weight excluding hydrogens is 502 g/mol. The van der Waals surface area contributed by atoms with E-state index in [1.807, 2.05) is 41.2 Å². The summed E-state index contributed by atoms with van der Waals surface area (Å²) in [4.78, 5) is 0. The largest absolute Gasteiger partial charge is 2.00 e. The molecule has 0 aliphatic heterocycles. The van der Waals surface area contributed by atoms with Crippen LogP contribution in [0.1, 0.15) is 122 Å². The molecule has 2 aliphatic carbocycles. The van der Waals surface area contributed by atoms with Crippen molar-refractivity contribution in [1.29, 1.82) is 0 Å². The molecule has 2 aromatic carbocycles. The molecule has 0 N–H and O–H groups in total. The Morgan fingerprint density at radius 3 is 1.74 bits per heavy atom. The van der Waals surface area contributed by atoms with E-state index in [1.54, 1.807) is 0 Å². The third-order valence-corrected chi connectivity index (χ3v) is 14.9. The minimum atomic E-state index is 0. The molecule has 0 aromatic heterocycles. The zero-order valence-electron chi connectivity index (χ0n) is 22.9. The summed E-state index contributed by atoms with van der Waals surface area (Å²) in [7, 11) is 0.202. The van der Waals surface area contributed by atoms with Crippen molar-refractivity contribution in [3.05, 3.63) is 54.1 Å². The Labute approximate surface area is 231 Å². The van der Waals surface area contributed by atoms with Crippen LogP contribution in [-0.2, 0) is 17.1 Å². The Bertz CT molecular complexity index is 681. The molecule has 0 nitrogen and oxygen atoms in total. The number of hydrogen-bond donors (Lipinski definition) is 0. The van der Waals surface area contributed by atoms with Crippen LogP contribution in [0.2, 0.25) is 0 Å². The van der Waals surface area contributed by atoms with Crippen molar-refractivity contribution in [2.75, 3.05) is 12.3 Å². The van der Waals surface area contributed by atoms with Crippen LogP contribution in [0, 0.1) is 0 Å². The summed E-state index contributed by atoms with van der Waals surface area (Å²) in [6.45, 7) is 7.36. The molecule has 1 atom stereocenters. The predicted octanol–water partition coefficient (Wildman–Crippen LogP) is 10.7.